The molecule has 6 nitrogen and oxygen atoms in total. The van der Waals surface area contributed by atoms with Gasteiger partial charge in [0.15, 0.2) is 0 Å². The molecule has 2 fully saturated rings. The zero-order chi connectivity index (χ0) is 14.1. The van der Waals surface area contributed by atoms with Crippen molar-refractivity contribution in [1.29, 1.82) is 0 Å². The Morgan fingerprint density at radius 1 is 1.35 bits per heavy atom. The smallest absolute Gasteiger partial charge is 0.320 e. The van der Waals surface area contributed by atoms with E-state index in [1.165, 1.54) is 25.6 Å². The molecule has 1 aromatic heterocycles. The number of hydrogen-bond acceptors (Lipinski definition) is 4. The quantitative estimate of drug-likeness (QED) is 0.905. The van der Waals surface area contributed by atoms with Gasteiger partial charge in [0.25, 0.3) is 0 Å². The molecule has 110 valence electrons. The maximum absolute atomic E-state index is 11.6. The monoisotopic (exact) mass is 278 g/mol. The molecular formula is C14H22N4O2. The molecule has 1 N–H and O–H groups in total. The van der Waals surface area contributed by atoms with Gasteiger partial charge in [0, 0.05) is 13.1 Å². The van der Waals surface area contributed by atoms with Crippen LogP contribution in [0.25, 0.3) is 0 Å². The van der Waals surface area contributed by atoms with Crippen molar-refractivity contribution in [1.82, 2.24) is 19.7 Å². The Morgan fingerprint density at radius 3 is 2.85 bits per heavy atom. The lowest BCUT2D eigenvalue weighted by Crippen LogP contribution is -2.54. The molecule has 0 bridgehead atoms. The summed E-state index contributed by atoms with van der Waals surface area (Å²) >= 11 is 0. The standard InChI is InChI=1S/C14H22N4O2/c1-17-13(15-9-16-17)8-18-11-5-3-2-4-10(11)6-7-12(18)14(19)20/h9-12H,2-8H2,1H3,(H,19,20). The molecule has 0 amide bonds. The van der Waals surface area contributed by atoms with E-state index >= 15 is 0 Å². The number of carbonyl (C=O) groups is 1. The number of carboxylic acid groups (broad SMARTS) is 1. The summed E-state index contributed by atoms with van der Waals surface area (Å²) in [5.41, 5.74) is 0. The minimum Gasteiger partial charge on any atom is -0.480 e. The van der Waals surface area contributed by atoms with Crippen LogP contribution in [0.2, 0.25) is 0 Å². The van der Waals surface area contributed by atoms with E-state index in [9.17, 15) is 9.90 Å². The Labute approximate surface area is 118 Å². The van der Waals surface area contributed by atoms with Gasteiger partial charge in [-0.05, 0) is 31.6 Å². The molecule has 20 heavy (non-hydrogen) atoms. The SMILES string of the molecule is Cn1ncnc1CN1C(C(=O)O)CCC2CCCCC21. The fraction of sp³-hybridized carbons (Fsp3) is 0.786. The van der Waals surface area contributed by atoms with Crippen molar-refractivity contribution in [2.75, 3.05) is 0 Å². The highest BCUT2D eigenvalue weighted by Gasteiger charge is 2.41. The number of hydrogen-bond donors (Lipinski definition) is 1. The van der Waals surface area contributed by atoms with Crippen LogP contribution in [0.3, 0.4) is 0 Å². The number of nitrogens with zero attached hydrogens (tertiary/aromatic N) is 4. The highest BCUT2D eigenvalue weighted by Crippen LogP contribution is 2.38. The molecule has 3 rings (SSSR count). The van der Waals surface area contributed by atoms with Gasteiger partial charge >= 0.3 is 5.97 Å². The number of piperidine rings is 1. The lowest BCUT2D eigenvalue weighted by Gasteiger charge is -2.46. The number of carboxylic acids is 1. The Morgan fingerprint density at radius 2 is 2.15 bits per heavy atom. The lowest BCUT2D eigenvalue weighted by atomic mass is 9.76. The molecule has 0 radical (unpaired) electrons. The molecule has 3 atom stereocenters. The van der Waals surface area contributed by atoms with Crippen LogP contribution in [-0.4, -0.2) is 42.8 Å². The van der Waals surface area contributed by atoms with E-state index in [0.29, 0.717) is 18.5 Å². The molecular weight excluding hydrogens is 256 g/mol. The van der Waals surface area contributed by atoms with Crippen molar-refractivity contribution in [2.24, 2.45) is 13.0 Å². The minimum absolute atomic E-state index is 0.369. The molecule has 6 heteroatoms. The Bertz CT molecular complexity index is 487. The van der Waals surface area contributed by atoms with Crippen LogP contribution in [-0.2, 0) is 18.4 Å². The van der Waals surface area contributed by atoms with Crippen LogP contribution in [0.15, 0.2) is 6.33 Å². The summed E-state index contributed by atoms with van der Waals surface area (Å²) in [5.74, 6) is 0.811. The number of fused-ring (bicyclic) bond motifs is 1. The second kappa shape index (κ2) is 5.52. The number of aromatic nitrogens is 3. The summed E-state index contributed by atoms with van der Waals surface area (Å²) in [7, 11) is 1.86. The number of aryl methyl sites for hydroxylation is 1. The number of rotatable bonds is 3. The third kappa shape index (κ3) is 2.44. The van der Waals surface area contributed by atoms with Crippen molar-refractivity contribution in [3.8, 4) is 0 Å². The van der Waals surface area contributed by atoms with Crippen molar-refractivity contribution in [2.45, 2.75) is 57.2 Å². The van der Waals surface area contributed by atoms with Crippen molar-refractivity contribution >= 4 is 5.97 Å². The maximum atomic E-state index is 11.6. The molecule has 0 aromatic carbocycles. The summed E-state index contributed by atoms with van der Waals surface area (Å²) in [5, 5.41) is 13.6. The van der Waals surface area contributed by atoms with E-state index in [2.05, 4.69) is 15.0 Å². The lowest BCUT2D eigenvalue weighted by molar-refractivity contribution is -0.148. The van der Waals surface area contributed by atoms with Gasteiger partial charge in [-0.25, -0.2) is 4.98 Å². The van der Waals surface area contributed by atoms with E-state index in [4.69, 9.17) is 0 Å². The van der Waals surface area contributed by atoms with Crippen molar-refractivity contribution in [3.63, 3.8) is 0 Å². The number of aliphatic carboxylic acids is 1. The first-order valence-corrected chi connectivity index (χ1v) is 7.48. The zero-order valence-corrected chi connectivity index (χ0v) is 11.9. The summed E-state index contributed by atoms with van der Waals surface area (Å²) in [4.78, 5) is 18.0. The largest absolute Gasteiger partial charge is 0.480 e. The maximum Gasteiger partial charge on any atom is 0.320 e. The fourth-order valence-corrected chi connectivity index (χ4v) is 3.85. The van der Waals surface area contributed by atoms with Gasteiger partial charge in [-0.1, -0.05) is 12.8 Å². The van der Waals surface area contributed by atoms with Crippen LogP contribution < -0.4 is 0 Å². The van der Waals surface area contributed by atoms with Crippen LogP contribution in [0.5, 0.6) is 0 Å². The van der Waals surface area contributed by atoms with Crippen molar-refractivity contribution < 1.29 is 9.90 Å². The summed E-state index contributed by atoms with van der Waals surface area (Å²) in [6.45, 7) is 0.592. The van der Waals surface area contributed by atoms with Gasteiger partial charge < -0.3 is 5.11 Å². The molecule has 1 aliphatic heterocycles. The highest BCUT2D eigenvalue weighted by atomic mass is 16.4. The van der Waals surface area contributed by atoms with Crippen LogP contribution >= 0.6 is 0 Å². The van der Waals surface area contributed by atoms with Gasteiger partial charge in [-0.3, -0.25) is 14.4 Å². The first-order valence-electron chi connectivity index (χ1n) is 7.48. The topological polar surface area (TPSA) is 71.2 Å². The van der Waals surface area contributed by atoms with Gasteiger partial charge in [-0.2, -0.15) is 5.10 Å². The second-order valence-electron chi connectivity index (χ2n) is 6.02. The second-order valence-corrected chi connectivity index (χ2v) is 6.02. The molecule has 1 aliphatic carbocycles. The predicted octanol–water partition coefficient (Wildman–Crippen LogP) is 1.42. The van der Waals surface area contributed by atoms with E-state index < -0.39 is 5.97 Å². The van der Waals surface area contributed by atoms with Gasteiger partial charge in [-0.15, -0.1) is 0 Å². The van der Waals surface area contributed by atoms with Gasteiger partial charge in [0.1, 0.15) is 18.2 Å². The van der Waals surface area contributed by atoms with Gasteiger partial charge in [0.2, 0.25) is 0 Å². The Kier molecular flexibility index (Phi) is 3.74. The average molecular weight is 278 g/mol. The first-order chi connectivity index (χ1) is 9.66. The molecule has 1 saturated carbocycles. The van der Waals surface area contributed by atoms with E-state index in [1.807, 2.05) is 7.05 Å². The van der Waals surface area contributed by atoms with Crippen LogP contribution in [0.1, 0.15) is 44.3 Å². The van der Waals surface area contributed by atoms with Crippen LogP contribution in [0, 0.1) is 5.92 Å². The van der Waals surface area contributed by atoms with Crippen molar-refractivity contribution in [3.05, 3.63) is 12.2 Å². The van der Waals surface area contributed by atoms with Gasteiger partial charge in [0.05, 0.1) is 6.54 Å². The minimum atomic E-state index is -0.698. The molecule has 1 saturated heterocycles. The zero-order valence-electron chi connectivity index (χ0n) is 11.9. The average Bonchev–Trinajstić information content (AvgIpc) is 2.84. The normalized spacial score (nSPS) is 30.9. The van der Waals surface area contributed by atoms with Crippen LogP contribution in [0.4, 0.5) is 0 Å². The summed E-state index contributed by atoms with van der Waals surface area (Å²) in [6.07, 6.45) is 8.21. The third-order valence-corrected chi connectivity index (χ3v) is 4.92. The molecule has 0 spiro atoms. The van der Waals surface area contributed by atoms with E-state index in [0.717, 1.165) is 25.1 Å². The molecule has 2 aliphatic rings. The summed E-state index contributed by atoms with van der Waals surface area (Å²) in [6, 6.07) is 0.0290. The third-order valence-electron chi connectivity index (χ3n) is 4.92. The molecule has 2 heterocycles. The number of likely N-dealkylation sites (tertiary alicyclic amines) is 1. The first kappa shape index (κ1) is 13.5. The van der Waals surface area contributed by atoms with E-state index in [-0.39, 0.29) is 6.04 Å². The molecule has 1 aromatic rings. The molecule has 3 unspecified atom stereocenters. The Hall–Kier alpha value is -1.43. The predicted molar refractivity (Wildman–Crippen MR) is 72.9 cm³/mol. The Balaban J connectivity index is 1.84. The highest BCUT2D eigenvalue weighted by molar-refractivity contribution is 5.73. The summed E-state index contributed by atoms with van der Waals surface area (Å²) < 4.78 is 1.74. The van der Waals surface area contributed by atoms with E-state index in [1.54, 1.807) is 4.68 Å². The fourth-order valence-electron chi connectivity index (χ4n) is 3.85.